The molecule has 2 heterocycles. The summed E-state index contributed by atoms with van der Waals surface area (Å²) in [6.07, 6.45) is 2.40. The third kappa shape index (κ3) is 1.16. The molecule has 0 aliphatic rings. The van der Waals surface area contributed by atoms with Crippen molar-refractivity contribution in [2.75, 3.05) is 7.11 Å². The van der Waals surface area contributed by atoms with E-state index in [4.69, 9.17) is 4.74 Å². The fourth-order valence-electron chi connectivity index (χ4n) is 1.21. The molecule has 66 valence electrons. The molecule has 0 unspecified atom stereocenters. The van der Waals surface area contributed by atoms with Gasteiger partial charge < -0.3 is 9.72 Å². The van der Waals surface area contributed by atoms with Crippen molar-refractivity contribution in [1.29, 1.82) is 0 Å². The Morgan fingerprint density at radius 2 is 2.38 bits per heavy atom. The molecule has 0 radical (unpaired) electrons. The minimum atomic E-state index is 0.509. The Morgan fingerprint density at radius 3 is 3.08 bits per heavy atom. The number of aromatic amines is 1. The molecule has 2 aromatic heterocycles. The van der Waals surface area contributed by atoms with Crippen molar-refractivity contribution in [3.05, 3.63) is 23.9 Å². The van der Waals surface area contributed by atoms with Gasteiger partial charge in [0, 0.05) is 12.3 Å². The smallest absolute Gasteiger partial charge is 0.213 e. The molecule has 0 saturated heterocycles. The van der Waals surface area contributed by atoms with Gasteiger partial charge >= 0.3 is 0 Å². The molecule has 0 saturated carbocycles. The second-order valence-electron chi connectivity index (χ2n) is 2.61. The molecule has 0 atom stereocenters. The largest absolute Gasteiger partial charge is 0.481 e. The van der Waals surface area contributed by atoms with Gasteiger partial charge in [-0.15, -0.1) is 0 Å². The van der Waals surface area contributed by atoms with E-state index in [1.807, 2.05) is 6.07 Å². The Labute approximate surface area is 74.5 Å². The van der Waals surface area contributed by atoms with Crippen LogP contribution < -0.4 is 4.74 Å². The lowest BCUT2D eigenvalue weighted by molar-refractivity contribution is 0.112. The summed E-state index contributed by atoms with van der Waals surface area (Å²) in [5, 5.41) is 0. The first-order valence-corrected chi connectivity index (χ1v) is 3.82. The van der Waals surface area contributed by atoms with E-state index in [1.165, 1.54) is 0 Å². The maximum absolute atomic E-state index is 10.6. The average Bonchev–Trinajstić information content (AvgIpc) is 2.59. The van der Waals surface area contributed by atoms with Crippen LogP contribution in [0.2, 0.25) is 0 Å². The number of hydrogen-bond acceptors (Lipinski definition) is 3. The standard InChI is InChI=1S/C9H8N2O2/c1-13-8-3-2-7-9(11-8)6(5-12)4-10-7/h2-5,10H,1H3. The van der Waals surface area contributed by atoms with Crippen LogP contribution in [-0.4, -0.2) is 23.4 Å². The molecule has 1 N–H and O–H groups in total. The quantitative estimate of drug-likeness (QED) is 0.703. The van der Waals surface area contributed by atoms with E-state index in [2.05, 4.69) is 9.97 Å². The summed E-state index contributed by atoms with van der Waals surface area (Å²) in [5.74, 6) is 0.509. The van der Waals surface area contributed by atoms with E-state index in [9.17, 15) is 4.79 Å². The van der Waals surface area contributed by atoms with E-state index < -0.39 is 0 Å². The molecule has 0 fully saturated rings. The van der Waals surface area contributed by atoms with Gasteiger partial charge in [-0.05, 0) is 6.07 Å². The molecule has 0 aliphatic carbocycles. The van der Waals surface area contributed by atoms with E-state index in [0.717, 1.165) is 11.8 Å². The van der Waals surface area contributed by atoms with Gasteiger partial charge in [0.05, 0.1) is 18.2 Å². The number of rotatable bonds is 2. The Kier molecular flexibility index (Phi) is 1.73. The molecule has 13 heavy (non-hydrogen) atoms. The van der Waals surface area contributed by atoms with Crippen LogP contribution in [0.25, 0.3) is 11.0 Å². The highest BCUT2D eigenvalue weighted by molar-refractivity contribution is 5.94. The van der Waals surface area contributed by atoms with Crippen LogP contribution in [0.1, 0.15) is 10.4 Å². The number of nitrogens with zero attached hydrogens (tertiary/aromatic N) is 1. The first-order chi connectivity index (χ1) is 6.35. The van der Waals surface area contributed by atoms with Crippen molar-refractivity contribution >= 4 is 17.3 Å². The first kappa shape index (κ1) is 7.79. The van der Waals surface area contributed by atoms with Gasteiger partial charge in [0.2, 0.25) is 5.88 Å². The van der Waals surface area contributed by atoms with E-state index in [1.54, 1.807) is 19.4 Å². The first-order valence-electron chi connectivity index (χ1n) is 3.82. The van der Waals surface area contributed by atoms with Gasteiger partial charge in [0.25, 0.3) is 0 Å². The monoisotopic (exact) mass is 176 g/mol. The van der Waals surface area contributed by atoms with E-state index >= 15 is 0 Å². The highest BCUT2D eigenvalue weighted by Gasteiger charge is 2.04. The van der Waals surface area contributed by atoms with Gasteiger partial charge in [-0.1, -0.05) is 0 Å². The van der Waals surface area contributed by atoms with Crippen molar-refractivity contribution in [2.24, 2.45) is 0 Å². The maximum Gasteiger partial charge on any atom is 0.213 e. The van der Waals surface area contributed by atoms with E-state index in [-0.39, 0.29) is 0 Å². The minimum absolute atomic E-state index is 0.509. The average molecular weight is 176 g/mol. The van der Waals surface area contributed by atoms with Crippen LogP contribution in [0, 0.1) is 0 Å². The molecular formula is C9H8N2O2. The summed E-state index contributed by atoms with van der Waals surface area (Å²) < 4.78 is 4.95. The van der Waals surface area contributed by atoms with Crippen LogP contribution >= 0.6 is 0 Å². The zero-order valence-electron chi connectivity index (χ0n) is 7.07. The lowest BCUT2D eigenvalue weighted by Gasteiger charge is -1.97. The molecular weight excluding hydrogens is 168 g/mol. The number of pyridine rings is 1. The van der Waals surface area contributed by atoms with Gasteiger partial charge in [-0.2, -0.15) is 0 Å². The number of hydrogen-bond donors (Lipinski definition) is 1. The molecule has 4 heteroatoms. The molecule has 4 nitrogen and oxygen atoms in total. The van der Waals surface area contributed by atoms with E-state index in [0.29, 0.717) is 17.0 Å². The number of H-pyrrole nitrogens is 1. The topological polar surface area (TPSA) is 55.0 Å². The fraction of sp³-hybridized carbons (Fsp3) is 0.111. The van der Waals surface area contributed by atoms with Crippen molar-refractivity contribution in [3.8, 4) is 5.88 Å². The van der Waals surface area contributed by atoms with Crippen LogP contribution in [0.5, 0.6) is 5.88 Å². The molecule has 2 aromatic rings. The van der Waals surface area contributed by atoms with Gasteiger partial charge in [0.1, 0.15) is 5.52 Å². The molecule has 2 rings (SSSR count). The van der Waals surface area contributed by atoms with Gasteiger partial charge in [-0.3, -0.25) is 4.79 Å². The summed E-state index contributed by atoms with van der Waals surface area (Å²) in [6, 6.07) is 3.57. The predicted molar refractivity (Wildman–Crippen MR) is 48.0 cm³/mol. The summed E-state index contributed by atoms with van der Waals surface area (Å²) in [5.41, 5.74) is 2.03. The second-order valence-corrected chi connectivity index (χ2v) is 2.61. The number of aldehydes is 1. The number of ether oxygens (including phenoxy) is 1. The lowest BCUT2D eigenvalue weighted by Crippen LogP contribution is -1.87. The third-order valence-electron chi connectivity index (χ3n) is 1.86. The number of carbonyl (C=O) groups excluding carboxylic acids is 1. The van der Waals surface area contributed by atoms with Crippen LogP contribution in [-0.2, 0) is 0 Å². The molecule has 0 spiro atoms. The summed E-state index contributed by atoms with van der Waals surface area (Å²) in [7, 11) is 1.54. The fourth-order valence-corrected chi connectivity index (χ4v) is 1.21. The normalized spacial score (nSPS) is 10.2. The van der Waals surface area contributed by atoms with Crippen LogP contribution in [0.15, 0.2) is 18.3 Å². The van der Waals surface area contributed by atoms with Crippen molar-refractivity contribution < 1.29 is 9.53 Å². The molecule has 0 aliphatic heterocycles. The molecule has 0 aromatic carbocycles. The predicted octanol–water partition coefficient (Wildman–Crippen LogP) is 1.38. The van der Waals surface area contributed by atoms with Crippen molar-refractivity contribution in [1.82, 2.24) is 9.97 Å². The summed E-state index contributed by atoms with van der Waals surface area (Å²) >= 11 is 0. The maximum atomic E-state index is 10.6. The van der Waals surface area contributed by atoms with Crippen LogP contribution in [0.3, 0.4) is 0 Å². The second kappa shape index (κ2) is 2.90. The van der Waals surface area contributed by atoms with Crippen molar-refractivity contribution in [2.45, 2.75) is 0 Å². The Bertz CT molecular complexity index is 448. The Balaban J connectivity index is 2.71. The number of carbonyl (C=O) groups is 1. The summed E-state index contributed by atoms with van der Waals surface area (Å²) in [6.45, 7) is 0. The zero-order chi connectivity index (χ0) is 9.26. The zero-order valence-corrected chi connectivity index (χ0v) is 7.07. The van der Waals surface area contributed by atoms with Gasteiger partial charge in [0.15, 0.2) is 6.29 Å². The third-order valence-corrected chi connectivity index (χ3v) is 1.86. The number of nitrogens with one attached hydrogen (secondary N) is 1. The minimum Gasteiger partial charge on any atom is -0.481 e. The number of aromatic nitrogens is 2. The molecule has 0 amide bonds. The van der Waals surface area contributed by atoms with Gasteiger partial charge in [-0.25, -0.2) is 4.98 Å². The lowest BCUT2D eigenvalue weighted by atomic mass is 10.3. The highest BCUT2D eigenvalue weighted by atomic mass is 16.5. The van der Waals surface area contributed by atoms with Crippen LogP contribution in [0.4, 0.5) is 0 Å². The SMILES string of the molecule is COc1ccc2[nH]cc(C=O)c2n1. The summed E-state index contributed by atoms with van der Waals surface area (Å²) in [4.78, 5) is 17.7. The molecule has 0 bridgehead atoms. The number of fused-ring (bicyclic) bond motifs is 1. The highest BCUT2D eigenvalue weighted by Crippen LogP contribution is 2.17. The number of methoxy groups -OCH3 is 1. The Hall–Kier alpha value is -1.84. The Morgan fingerprint density at radius 1 is 1.54 bits per heavy atom. The van der Waals surface area contributed by atoms with Crippen molar-refractivity contribution in [3.63, 3.8) is 0 Å².